The van der Waals surface area contributed by atoms with Crippen molar-refractivity contribution in [2.24, 2.45) is 0 Å². The zero-order valence-corrected chi connectivity index (χ0v) is 12.7. The van der Waals surface area contributed by atoms with E-state index in [2.05, 4.69) is 25.2 Å². The highest BCUT2D eigenvalue weighted by molar-refractivity contribution is 7.12. The molecule has 1 nitrogen and oxygen atoms in total. The number of halogens is 1. The van der Waals surface area contributed by atoms with Gasteiger partial charge in [0.2, 0.25) is 0 Å². The number of benzene rings is 1. The van der Waals surface area contributed by atoms with Gasteiger partial charge in [0, 0.05) is 22.8 Å². The van der Waals surface area contributed by atoms with E-state index >= 15 is 0 Å². The minimum absolute atomic E-state index is 0.0898. The van der Waals surface area contributed by atoms with E-state index < -0.39 is 0 Å². The van der Waals surface area contributed by atoms with E-state index in [1.54, 1.807) is 0 Å². The standard InChI is InChI=1S/C16H20FNS/c1-10-5-14(6-11(2)16(10)17)8-18-9-15-7-12(3)19-13(15)4/h5-7,18H,8-9H2,1-4H3. The van der Waals surface area contributed by atoms with Gasteiger partial charge < -0.3 is 5.32 Å². The lowest BCUT2D eigenvalue weighted by Gasteiger charge is -2.08. The van der Waals surface area contributed by atoms with Gasteiger partial charge in [-0.2, -0.15) is 0 Å². The summed E-state index contributed by atoms with van der Waals surface area (Å²) in [5, 5.41) is 3.43. The van der Waals surface area contributed by atoms with Crippen LogP contribution in [0.25, 0.3) is 0 Å². The predicted molar refractivity (Wildman–Crippen MR) is 80.2 cm³/mol. The minimum atomic E-state index is -0.0898. The van der Waals surface area contributed by atoms with Gasteiger partial charge in [0.05, 0.1) is 0 Å². The Kier molecular flexibility index (Phi) is 4.38. The Labute approximate surface area is 118 Å². The number of nitrogens with one attached hydrogen (secondary N) is 1. The molecule has 0 aliphatic carbocycles. The highest BCUT2D eigenvalue weighted by Crippen LogP contribution is 2.20. The monoisotopic (exact) mass is 277 g/mol. The third kappa shape index (κ3) is 3.43. The molecule has 1 aromatic heterocycles. The molecule has 2 rings (SSSR count). The van der Waals surface area contributed by atoms with Gasteiger partial charge in [0.25, 0.3) is 0 Å². The van der Waals surface area contributed by atoms with E-state index in [4.69, 9.17) is 0 Å². The Morgan fingerprint density at radius 1 is 1.00 bits per heavy atom. The molecule has 0 spiro atoms. The Bertz CT molecular complexity index is 563. The Hall–Kier alpha value is -1.19. The van der Waals surface area contributed by atoms with Crippen LogP contribution in [0.1, 0.15) is 32.0 Å². The molecule has 2 aromatic rings. The van der Waals surface area contributed by atoms with Gasteiger partial charge in [-0.15, -0.1) is 11.3 Å². The summed E-state index contributed by atoms with van der Waals surface area (Å²) in [4.78, 5) is 2.72. The van der Waals surface area contributed by atoms with Crippen molar-refractivity contribution in [3.8, 4) is 0 Å². The van der Waals surface area contributed by atoms with Crippen LogP contribution in [0.15, 0.2) is 18.2 Å². The molecule has 1 aromatic carbocycles. The molecule has 0 aliphatic rings. The van der Waals surface area contributed by atoms with Crippen molar-refractivity contribution in [3.05, 3.63) is 56.0 Å². The Balaban J connectivity index is 1.98. The summed E-state index contributed by atoms with van der Waals surface area (Å²) in [5.41, 5.74) is 3.94. The quantitative estimate of drug-likeness (QED) is 0.873. The largest absolute Gasteiger partial charge is 0.309 e. The maximum absolute atomic E-state index is 13.5. The topological polar surface area (TPSA) is 12.0 Å². The smallest absolute Gasteiger partial charge is 0.129 e. The molecule has 1 N–H and O–H groups in total. The summed E-state index contributed by atoms with van der Waals surface area (Å²) < 4.78 is 13.5. The molecule has 0 bridgehead atoms. The zero-order chi connectivity index (χ0) is 14.0. The molecule has 19 heavy (non-hydrogen) atoms. The fourth-order valence-corrected chi connectivity index (χ4v) is 3.28. The highest BCUT2D eigenvalue weighted by Gasteiger charge is 2.05. The summed E-state index contributed by atoms with van der Waals surface area (Å²) >= 11 is 1.83. The predicted octanol–water partition coefficient (Wildman–Crippen LogP) is 4.41. The molecule has 0 atom stereocenters. The molecule has 3 heteroatoms. The first kappa shape index (κ1) is 14.2. The molecule has 0 saturated heterocycles. The second-order valence-electron chi connectivity index (χ2n) is 5.09. The Morgan fingerprint density at radius 2 is 1.63 bits per heavy atom. The molecular formula is C16H20FNS. The number of rotatable bonds is 4. The van der Waals surface area contributed by atoms with Crippen LogP contribution in [0.3, 0.4) is 0 Å². The van der Waals surface area contributed by atoms with Crippen LogP contribution in [-0.4, -0.2) is 0 Å². The van der Waals surface area contributed by atoms with Crippen molar-refractivity contribution in [2.75, 3.05) is 0 Å². The highest BCUT2D eigenvalue weighted by atomic mass is 32.1. The SMILES string of the molecule is Cc1cc(CNCc2cc(C)c(F)c(C)c2)c(C)s1. The van der Waals surface area contributed by atoms with Gasteiger partial charge >= 0.3 is 0 Å². The fourth-order valence-electron chi connectivity index (χ4n) is 2.34. The molecular weight excluding hydrogens is 257 g/mol. The van der Waals surface area contributed by atoms with E-state index in [1.807, 2.05) is 37.3 Å². The molecule has 0 radical (unpaired) electrons. The molecule has 0 saturated carbocycles. The van der Waals surface area contributed by atoms with Crippen LogP contribution in [0.2, 0.25) is 0 Å². The van der Waals surface area contributed by atoms with Crippen molar-refractivity contribution in [2.45, 2.75) is 40.8 Å². The van der Waals surface area contributed by atoms with Crippen LogP contribution < -0.4 is 5.32 Å². The molecule has 1 heterocycles. The molecule has 0 amide bonds. The van der Waals surface area contributed by atoms with E-state index in [1.165, 1.54) is 15.3 Å². The number of hydrogen-bond acceptors (Lipinski definition) is 2. The van der Waals surface area contributed by atoms with Crippen molar-refractivity contribution >= 4 is 11.3 Å². The second kappa shape index (κ2) is 5.85. The minimum Gasteiger partial charge on any atom is -0.309 e. The van der Waals surface area contributed by atoms with Gasteiger partial charge in [-0.25, -0.2) is 4.39 Å². The van der Waals surface area contributed by atoms with Crippen molar-refractivity contribution in [1.29, 1.82) is 0 Å². The van der Waals surface area contributed by atoms with Crippen LogP contribution in [0.5, 0.6) is 0 Å². The van der Waals surface area contributed by atoms with Crippen LogP contribution in [0, 0.1) is 33.5 Å². The Morgan fingerprint density at radius 3 is 2.16 bits per heavy atom. The lowest BCUT2D eigenvalue weighted by molar-refractivity contribution is 0.606. The first-order chi connectivity index (χ1) is 8.97. The van der Waals surface area contributed by atoms with Crippen LogP contribution in [-0.2, 0) is 13.1 Å². The molecule has 0 aliphatic heterocycles. The number of hydrogen-bond donors (Lipinski definition) is 1. The average Bonchev–Trinajstić information content (AvgIpc) is 2.65. The van der Waals surface area contributed by atoms with Gasteiger partial charge in [0.15, 0.2) is 0 Å². The van der Waals surface area contributed by atoms with Gasteiger partial charge in [-0.05, 0) is 56.0 Å². The molecule has 0 fully saturated rings. The van der Waals surface area contributed by atoms with Crippen molar-refractivity contribution in [1.82, 2.24) is 5.32 Å². The third-order valence-electron chi connectivity index (χ3n) is 3.28. The lowest BCUT2D eigenvalue weighted by Crippen LogP contribution is -2.13. The maximum atomic E-state index is 13.5. The van der Waals surface area contributed by atoms with E-state index in [0.29, 0.717) is 0 Å². The first-order valence-electron chi connectivity index (χ1n) is 6.49. The van der Waals surface area contributed by atoms with Crippen molar-refractivity contribution < 1.29 is 4.39 Å². The van der Waals surface area contributed by atoms with E-state index in [0.717, 1.165) is 29.8 Å². The number of thiophene rings is 1. The van der Waals surface area contributed by atoms with Gasteiger partial charge in [-0.1, -0.05) is 12.1 Å². The normalized spacial score (nSPS) is 11.0. The summed E-state index contributed by atoms with van der Waals surface area (Å²) in [6.07, 6.45) is 0. The van der Waals surface area contributed by atoms with E-state index in [9.17, 15) is 4.39 Å². The van der Waals surface area contributed by atoms with Gasteiger partial charge in [-0.3, -0.25) is 0 Å². The zero-order valence-electron chi connectivity index (χ0n) is 11.9. The third-order valence-corrected chi connectivity index (χ3v) is 4.29. The summed E-state index contributed by atoms with van der Waals surface area (Å²) in [6.45, 7) is 9.56. The summed E-state index contributed by atoms with van der Waals surface area (Å²) in [5.74, 6) is -0.0898. The number of aryl methyl sites for hydroxylation is 4. The molecule has 0 unspecified atom stereocenters. The van der Waals surface area contributed by atoms with E-state index in [-0.39, 0.29) is 5.82 Å². The van der Waals surface area contributed by atoms with Crippen LogP contribution in [0.4, 0.5) is 4.39 Å². The van der Waals surface area contributed by atoms with Crippen LogP contribution >= 0.6 is 11.3 Å². The fraction of sp³-hybridized carbons (Fsp3) is 0.375. The summed E-state index contributed by atoms with van der Waals surface area (Å²) in [6, 6.07) is 6.07. The average molecular weight is 277 g/mol. The summed E-state index contributed by atoms with van der Waals surface area (Å²) in [7, 11) is 0. The lowest BCUT2D eigenvalue weighted by atomic mass is 10.1. The maximum Gasteiger partial charge on any atom is 0.129 e. The van der Waals surface area contributed by atoms with Gasteiger partial charge in [0.1, 0.15) is 5.82 Å². The first-order valence-corrected chi connectivity index (χ1v) is 7.31. The molecule has 102 valence electrons. The van der Waals surface area contributed by atoms with Crippen molar-refractivity contribution in [3.63, 3.8) is 0 Å². The second-order valence-corrected chi connectivity index (χ2v) is 6.55.